The van der Waals surface area contributed by atoms with Crippen LogP contribution in [0.5, 0.6) is 0 Å². The van der Waals surface area contributed by atoms with Crippen LogP contribution in [0.3, 0.4) is 0 Å². The highest BCUT2D eigenvalue weighted by Crippen LogP contribution is 2.45. The highest BCUT2D eigenvalue weighted by Gasteiger charge is 2.41. The summed E-state index contributed by atoms with van der Waals surface area (Å²) in [4.78, 5) is 7.33. The molecule has 7 nitrogen and oxygen atoms in total. The molecule has 3 aliphatic rings. The molecule has 4 rings (SSSR count). The Morgan fingerprint density at radius 3 is 2.52 bits per heavy atom. The van der Waals surface area contributed by atoms with E-state index in [1.807, 2.05) is 24.3 Å². The number of nitrogens with zero attached hydrogens (tertiary/aromatic N) is 3. The summed E-state index contributed by atoms with van der Waals surface area (Å²) in [5.41, 5.74) is 2.30. The molecule has 1 spiro atoms. The van der Waals surface area contributed by atoms with Gasteiger partial charge in [-0.05, 0) is 42.7 Å². The Kier molecular flexibility index (Phi) is 7.19. The first-order valence-corrected chi connectivity index (χ1v) is 13.3. The third-order valence-corrected chi connectivity index (χ3v) is 8.78. The molecule has 2 heterocycles. The number of rotatable bonds is 6. The Labute approximate surface area is 186 Å². The Hall–Kier alpha value is -1.64. The number of guanidine groups is 1. The zero-order chi connectivity index (χ0) is 21.7. The molecule has 2 aliphatic heterocycles. The molecule has 0 atom stereocenters. The highest BCUT2D eigenvalue weighted by atomic mass is 32.2. The van der Waals surface area contributed by atoms with Gasteiger partial charge >= 0.3 is 0 Å². The molecule has 0 aromatic heterocycles. The Morgan fingerprint density at radius 1 is 1.10 bits per heavy atom. The summed E-state index contributed by atoms with van der Waals surface area (Å²) in [6.45, 7) is 7.36. The predicted octanol–water partition coefficient (Wildman–Crippen LogP) is 2.58. The lowest BCUT2D eigenvalue weighted by molar-refractivity contribution is 0.0729. The maximum absolute atomic E-state index is 12.9. The van der Waals surface area contributed by atoms with Crippen LogP contribution in [0.25, 0.3) is 0 Å². The van der Waals surface area contributed by atoms with Gasteiger partial charge < -0.3 is 15.0 Å². The first kappa shape index (κ1) is 22.6. The van der Waals surface area contributed by atoms with Gasteiger partial charge in [0.15, 0.2) is 5.96 Å². The van der Waals surface area contributed by atoms with Gasteiger partial charge in [0.05, 0.1) is 25.5 Å². The van der Waals surface area contributed by atoms with Crippen molar-refractivity contribution in [3.8, 4) is 0 Å². The normalized spacial score (nSPS) is 22.4. The van der Waals surface area contributed by atoms with Gasteiger partial charge in [0.2, 0.25) is 10.0 Å². The number of ether oxygens (including phenoxy) is 1. The molecule has 0 radical (unpaired) electrons. The van der Waals surface area contributed by atoms with Gasteiger partial charge in [0.25, 0.3) is 0 Å². The second-order valence-corrected chi connectivity index (χ2v) is 11.1. The van der Waals surface area contributed by atoms with E-state index in [0.29, 0.717) is 38.3 Å². The van der Waals surface area contributed by atoms with Crippen LogP contribution >= 0.6 is 0 Å². The average molecular weight is 449 g/mol. The van der Waals surface area contributed by atoms with Crippen LogP contribution in [0.1, 0.15) is 50.2 Å². The summed E-state index contributed by atoms with van der Waals surface area (Å²) < 4.78 is 32.7. The zero-order valence-electron chi connectivity index (χ0n) is 18.7. The van der Waals surface area contributed by atoms with Crippen LogP contribution in [-0.4, -0.2) is 69.5 Å². The molecular weight excluding hydrogens is 412 g/mol. The monoisotopic (exact) mass is 448 g/mol. The number of sulfonamides is 1. The molecule has 1 aliphatic carbocycles. The van der Waals surface area contributed by atoms with Crippen LogP contribution in [0.2, 0.25) is 0 Å². The summed E-state index contributed by atoms with van der Waals surface area (Å²) in [6.07, 6.45) is 6.64. The van der Waals surface area contributed by atoms with E-state index in [9.17, 15) is 8.42 Å². The fourth-order valence-electron chi connectivity index (χ4n) is 5.20. The molecule has 2 saturated heterocycles. The van der Waals surface area contributed by atoms with Crippen molar-refractivity contribution in [2.45, 2.75) is 51.3 Å². The molecule has 3 fully saturated rings. The SMILES string of the molecule is CCNC(=NCc1ccccc1CS(=O)(=O)N1CCOCC1)N1CCC2(CCCC2)C1. The largest absolute Gasteiger partial charge is 0.379 e. The quantitative estimate of drug-likeness (QED) is 0.535. The summed E-state index contributed by atoms with van der Waals surface area (Å²) in [5.74, 6) is 0.972. The van der Waals surface area contributed by atoms with Crippen molar-refractivity contribution in [2.75, 3.05) is 45.9 Å². The second-order valence-electron chi connectivity index (χ2n) is 9.09. The fraction of sp³-hybridized carbons (Fsp3) is 0.696. The summed E-state index contributed by atoms with van der Waals surface area (Å²) in [6, 6.07) is 7.79. The third-order valence-electron chi connectivity index (χ3n) is 6.96. The van der Waals surface area contributed by atoms with E-state index in [-0.39, 0.29) is 5.75 Å². The van der Waals surface area contributed by atoms with E-state index in [0.717, 1.165) is 36.7 Å². The van der Waals surface area contributed by atoms with Crippen LogP contribution in [0, 0.1) is 5.41 Å². The van der Waals surface area contributed by atoms with Crippen LogP contribution in [0.4, 0.5) is 0 Å². The van der Waals surface area contributed by atoms with E-state index in [4.69, 9.17) is 9.73 Å². The number of likely N-dealkylation sites (tertiary alicyclic amines) is 1. The lowest BCUT2D eigenvalue weighted by Gasteiger charge is -2.26. The maximum Gasteiger partial charge on any atom is 0.218 e. The number of benzene rings is 1. The van der Waals surface area contributed by atoms with Gasteiger partial charge in [-0.3, -0.25) is 0 Å². The van der Waals surface area contributed by atoms with E-state index in [1.54, 1.807) is 4.31 Å². The Bertz CT molecular complexity index is 875. The number of aliphatic imine (C=N–C) groups is 1. The van der Waals surface area contributed by atoms with Crippen molar-refractivity contribution in [1.82, 2.24) is 14.5 Å². The van der Waals surface area contributed by atoms with Gasteiger partial charge in [0.1, 0.15) is 0 Å². The molecule has 8 heteroatoms. The summed E-state index contributed by atoms with van der Waals surface area (Å²) in [5, 5.41) is 3.46. The van der Waals surface area contributed by atoms with Crippen molar-refractivity contribution < 1.29 is 13.2 Å². The van der Waals surface area contributed by atoms with Crippen molar-refractivity contribution in [3.05, 3.63) is 35.4 Å². The Morgan fingerprint density at radius 2 is 1.81 bits per heavy atom. The number of hydrogen-bond donors (Lipinski definition) is 1. The molecule has 1 N–H and O–H groups in total. The number of nitrogens with one attached hydrogen (secondary N) is 1. The number of hydrogen-bond acceptors (Lipinski definition) is 4. The molecule has 0 unspecified atom stereocenters. The van der Waals surface area contributed by atoms with Crippen LogP contribution in [-0.2, 0) is 27.1 Å². The average Bonchev–Trinajstić information content (AvgIpc) is 3.42. The smallest absolute Gasteiger partial charge is 0.218 e. The standard InChI is InChI=1S/C23H36N4O3S/c1-2-24-22(26-12-11-23(19-26)9-5-6-10-23)25-17-20-7-3-4-8-21(20)18-31(28,29)27-13-15-30-16-14-27/h3-4,7-8H,2,5-6,9-19H2,1H3,(H,24,25). The van der Waals surface area contributed by atoms with Crippen molar-refractivity contribution in [2.24, 2.45) is 10.4 Å². The van der Waals surface area contributed by atoms with Gasteiger partial charge in [-0.25, -0.2) is 13.4 Å². The fourth-order valence-corrected chi connectivity index (χ4v) is 6.76. The van der Waals surface area contributed by atoms with Gasteiger partial charge in [-0.1, -0.05) is 37.1 Å². The summed E-state index contributed by atoms with van der Waals surface area (Å²) in [7, 11) is -3.36. The minimum Gasteiger partial charge on any atom is -0.379 e. The molecule has 1 aromatic rings. The maximum atomic E-state index is 12.9. The minimum absolute atomic E-state index is 0.0159. The first-order valence-electron chi connectivity index (χ1n) is 11.7. The topological polar surface area (TPSA) is 74.2 Å². The van der Waals surface area contributed by atoms with E-state index >= 15 is 0 Å². The van der Waals surface area contributed by atoms with Gasteiger partial charge in [0, 0.05) is 32.7 Å². The van der Waals surface area contributed by atoms with Gasteiger partial charge in [-0.2, -0.15) is 4.31 Å². The van der Waals surface area contributed by atoms with Gasteiger partial charge in [-0.15, -0.1) is 0 Å². The van der Waals surface area contributed by atoms with Crippen molar-refractivity contribution >= 4 is 16.0 Å². The van der Waals surface area contributed by atoms with Crippen LogP contribution in [0.15, 0.2) is 29.3 Å². The van der Waals surface area contributed by atoms with E-state index in [2.05, 4.69) is 17.1 Å². The third kappa shape index (κ3) is 5.41. The van der Waals surface area contributed by atoms with E-state index < -0.39 is 10.0 Å². The van der Waals surface area contributed by atoms with E-state index in [1.165, 1.54) is 32.1 Å². The predicted molar refractivity (Wildman–Crippen MR) is 123 cm³/mol. The van der Waals surface area contributed by atoms with Crippen LogP contribution < -0.4 is 5.32 Å². The first-order chi connectivity index (χ1) is 15.0. The second kappa shape index (κ2) is 9.88. The molecule has 1 aromatic carbocycles. The number of morpholine rings is 1. The van der Waals surface area contributed by atoms with Crippen molar-refractivity contribution in [1.29, 1.82) is 0 Å². The lowest BCUT2D eigenvalue weighted by atomic mass is 9.86. The lowest BCUT2D eigenvalue weighted by Crippen LogP contribution is -2.41. The molecule has 31 heavy (non-hydrogen) atoms. The molecule has 0 amide bonds. The highest BCUT2D eigenvalue weighted by molar-refractivity contribution is 7.88. The molecule has 0 bridgehead atoms. The molecular formula is C23H36N4O3S. The summed E-state index contributed by atoms with van der Waals surface area (Å²) >= 11 is 0. The molecule has 172 valence electrons. The Balaban J connectivity index is 1.47. The van der Waals surface area contributed by atoms with Crippen molar-refractivity contribution in [3.63, 3.8) is 0 Å². The molecule has 1 saturated carbocycles. The zero-order valence-corrected chi connectivity index (χ0v) is 19.5. The minimum atomic E-state index is -3.36.